The molecule has 0 radical (unpaired) electrons. The van der Waals surface area contributed by atoms with E-state index in [0.29, 0.717) is 14.9 Å². The number of hydrogen-bond acceptors (Lipinski definition) is 2. The average Bonchev–Trinajstić information content (AvgIpc) is 2.42. The fourth-order valence-electron chi connectivity index (χ4n) is 0.946. The summed E-state index contributed by atoms with van der Waals surface area (Å²) in [4.78, 5) is 11.6. The number of carbonyl (C=O) groups is 1. The Balaban J connectivity index is 2.74. The van der Waals surface area contributed by atoms with Crippen molar-refractivity contribution in [3.8, 4) is 0 Å². The van der Waals surface area contributed by atoms with Crippen LogP contribution in [0.1, 0.15) is 15.9 Å². The summed E-state index contributed by atoms with van der Waals surface area (Å²) in [5, 5.41) is 4.85. The van der Waals surface area contributed by atoms with Gasteiger partial charge in [0.1, 0.15) is 4.34 Å². The summed E-state index contributed by atoms with van der Waals surface area (Å²) < 4.78 is 0.500. The van der Waals surface area contributed by atoms with Crippen LogP contribution in [-0.4, -0.2) is 12.5 Å². The first kappa shape index (κ1) is 11.6. The fraction of sp³-hybridized carbons (Fsp3) is 0.222. The number of amides is 1. The predicted molar refractivity (Wildman–Crippen MR) is 61.4 cm³/mol. The summed E-state index contributed by atoms with van der Waals surface area (Å²) in [6.07, 6.45) is 0. The maximum absolute atomic E-state index is 11.6. The fourth-order valence-corrected chi connectivity index (χ4v) is 2.15. The van der Waals surface area contributed by atoms with Crippen molar-refractivity contribution in [1.29, 1.82) is 0 Å². The van der Waals surface area contributed by atoms with Gasteiger partial charge in [0.2, 0.25) is 0 Å². The van der Waals surface area contributed by atoms with E-state index in [-0.39, 0.29) is 12.5 Å². The lowest BCUT2D eigenvalue weighted by molar-refractivity contribution is 0.0957. The van der Waals surface area contributed by atoms with Crippen LogP contribution < -0.4 is 5.32 Å². The molecule has 0 aromatic carbocycles. The monoisotopic (exact) mass is 249 g/mol. The normalized spacial score (nSPS) is 9.93. The van der Waals surface area contributed by atoms with Crippen molar-refractivity contribution in [2.75, 3.05) is 6.54 Å². The molecule has 0 aliphatic heterocycles. The molecule has 0 unspecified atom stereocenters. The van der Waals surface area contributed by atoms with E-state index in [1.807, 2.05) is 12.3 Å². The second-order valence-corrected chi connectivity index (χ2v) is 4.78. The molecule has 0 bridgehead atoms. The molecule has 0 atom stereocenters. The van der Waals surface area contributed by atoms with Gasteiger partial charge in [-0.25, -0.2) is 0 Å². The number of thiophene rings is 1. The van der Waals surface area contributed by atoms with E-state index in [4.69, 9.17) is 23.2 Å². The van der Waals surface area contributed by atoms with E-state index in [0.717, 1.165) is 5.56 Å². The Morgan fingerprint density at radius 3 is 2.79 bits per heavy atom. The summed E-state index contributed by atoms with van der Waals surface area (Å²) in [5.41, 5.74) is 1.40. The third-order valence-corrected chi connectivity index (χ3v) is 3.07. The molecule has 1 aromatic heterocycles. The summed E-state index contributed by atoms with van der Waals surface area (Å²) in [5.74, 6) is -0.212. The second-order valence-electron chi connectivity index (χ2n) is 2.77. The zero-order valence-electron chi connectivity index (χ0n) is 7.56. The number of carbonyl (C=O) groups excluding carboxylic acids is 1. The molecule has 1 amide bonds. The molecule has 1 heterocycles. The minimum atomic E-state index is -0.212. The van der Waals surface area contributed by atoms with Gasteiger partial charge >= 0.3 is 0 Å². The Morgan fingerprint density at radius 2 is 2.36 bits per heavy atom. The Hall–Kier alpha value is -0.510. The van der Waals surface area contributed by atoms with Gasteiger partial charge in [-0.1, -0.05) is 29.8 Å². The van der Waals surface area contributed by atoms with E-state index in [2.05, 4.69) is 11.9 Å². The molecule has 76 valence electrons. The van der Waals surface area contributed by atoms with Gasteiger partial charge in [0, 0.05) is 5.03 Å². The summed E-state index contributed by atoms with van der Waals surface area (Å²) in [7, 11) is 0. The molecule has 0 spiro atoms. The lowest BCUT2D eigenvalue weighted by Crippen LogP contribution is -2.24. The van der Waals surface area contributed by atoms with Crippen molar-refractivity contribution in [1.82, 2.24) is 5.32 Å². The molecular weight excluding hydrogens is 241 g/mol. The summed E-state index contributed by atoms with van der Waals surface area (Å²) in [6, 6.07) is 0. The topological polar surface area (TPSA) is 29.1 Å². The third-order valence-electron chi connectivity index (χ3n) is 1.60. The molecule has 1 rings (SSSR count). The molecule has 1 aromatic rings. The van der Waals surface area contributed by atoms with Gasteiger partial charge in [-0.3, -0.25) is 4.79 Å². The highest BCUT2D eigenvalue weighted by Crippen LogP contribution is 2.26. The molecule has 5 heteroatoms. The Labute approximate surface area is 96.5 Å². The zero-order valence-corrected chi connectivity index (χ0v) is 9.89. The number of halogens is 2. The van der Waals surface area contributed by atoms with Gasteiger partial charge in [-0.05, 0) is 17.9 Å². The van der Waals surface area contributed by atoms with Crippen LogP contribution in [0.5, 0.6) is 0 Å². The predicted octanol–water partition coefficient (Wildman–Crippen LogP) is 3.19. The lowest BCUT2D eigenvalue weighted by Gasteiger charge is -2.03. The Morgan fingerprint density at radius 1 is 1.71 bits per heavy atom. The molecule has 0 saturated carbocycles. The number of hydrogen-bond donors (Lipinski definition) is 1. The minimum absolute atomic E-state index is 0.212. The van der Waals surface area contributed by atoms with E-state index < -0.39 is 0 Å². The van der Waals surface area contributed by atoms with Crippen molar-refractivity contribution in [2.24, 2.45) is 0 Å². The second kappa shape index (κ2) is 4.82. The first-order valence-corrected chi connectivity index (χ1v) is 5.51. The molecule has 0 aliphatic carbocycles. The minimum Gasteiger partial charge on any atom is -0.347 e. The number of nitrogens with one attached hydrogen (secondary N) is 1. The molecule has 1 N–H and O–H groups in total. The SMILES string of the molecule is C=C(Cl)CNC(=O)c1c(C)csc1Cl. The third kappa shape index (κ3) is 2.74. The quantitative estimate of drug-likeness (QED) is 0.876. The van der Waals surface area contributed by atoms with E-state index in [9.17, 15) is 4.79 Å². The highest BCUT2D eigenvalue weighted by Gasteiger charge is 2.14. The molecular formula is C9H9Cl2NOS. The van der Waals surface area contributed by atoms with Crippen molar-refractivity contribution < 1.29 is 4.79 Å². The molecule has 14 heavy (non-hydrogen) atoms. The first-order chi connectivity index (χ1) is 6.52. The van der Waals surface area contributed by atoms with Crippen LogP contribution in [0.25, 0.3) is 0 Å². The van der Waals surface area contributed by atoms with E-state index in [1.165, 1.54) is 11.3 Å². The standard InChI is InChI=1S/C9H9Cl2NOS/c1-5-4-14-8(11)7(5)9(13)12-3-6(2)10/h4H,2-3H2,1H3,(H,12,13). The Bertz CT molecular complexity index is 353. The largest absolute Gasteiger partial charge is 0.347 e. The number of rotatable bonds is 3. The summed E-state index contributed by atoms with van der Waals surface area (Å²) >= 11 is 12.7. The van der Waals surface area contributed by atoms with E-state index >= 15 is 0 Å². The Kier molecular flexibility index (Phi) is 3.98. The van der Waals surface area contributed by atoms with Crippen LogP contribution in [0.3, 0.4) is 0 Å². The highest BCUT2D eigenvalue weighted by atomic mass is 35.5. The van der Waals surface area contributed by atoms with Gasteiger partial charge in [-0.15, -0.1) is 11.3 Å². The molecule has 0 aliphatic rings. The maximum atomic E-state index is 11.6. The molecule has 0 saturated heterocycles. The van der Waals surface area contributed by atoms with Gasteiger partial charge in [0.15, 0.2) is 0 Å². The van der Waals surface area contributed by atoms with Crippen LogP contribution in [0.15, 0.2) is 17.0 Å². The van der Waals surface area contributed by atoms with E-state index in [1.54, 1.807) is 0 Å². The molecule has 2 nitrogen and oxygen atoms in total. The van der Waals surface area contributed by atoms with Gasteiger partial charge < -0.3 is 5.32 Å². The van der Waals surface area contributed by atoms with Crippen molar-refractivity contribution >= 4 is 40.4 Å². The van der Waals surface area contributed by atoms with Gasteiger partial charge in [-0.2, -0.15) is 0 Å². The van der Waals surface area contributed by atoms with Crippen molar-refractivity contribution in [3.05, 3.63) is 32.5 Å². The maximum Gasteiger partial charge on any atom is 0.254 e. The van der Waals surface area contributed by atoms with Crippen LogP contribution >= 0.6 is 34.5 Å². The van der Waals surface area contributed by atoms with Gasteiger partial charge in [0.25, 0.3) is 5.91 Å². The highest BCUT2D eigenvalue weighted by molar-refractivity contribution is 7.15. The average molecular weight is 250 g/mol. The van der Waals surface area contributed by atoms with Crippen LogP contribution in [0.4, 0.5) is 0 Å². The number of aryl methyl sites for hydroxylation is 1. The molecule has 0 fully saturated rings. The smallest absolute Gasteiger partial charge is 0.254 e. The van der Waals surface area contributed by atoms with Gasteiger partial charge in [0.05, 0.1) is 12.1 Å². The zero-order chi connectivity index (χ0) is 10.7. The van der Waals surface area contributed by atoms with Crippen molar-refractivity contribution in [3.63, 3.8) is 0 Å². The van der Waals surface area contributed by atoms with Crippen LogP contribution in [0, 0.1) is 6.92 Å². The van der Waals surface area contributed by atoms with Crippen LogP contribution in [-0.2, 0) is 0 Å². The first-order valence-electron chi connectivity index (χ1n) is 3.87. The van der Waals surface area contributed by atoms with Crippen molar-refractivity contribution in [2.45, 2.75) is 6.92 Å². The van der Waals surface area contributed by atoms with Crippen LogP contribution in [0.2, 0.25) is 4.34 Å². The lowest BCUT2D eigenvalue weighted by atomic mass is 10.2. The summed E-state index contributed by atoms with van der Waals surface area (Å²) in [6.45, 7) is 5.57.